The monoisotopic (exact) mass is 441 g/mol. The van der Waals surface area contributed by atoms with Gasteiger partial charge in [0.05, 0.1) is 15.7 Å². The molecule has 1 saturated heterocycles. The van der Waals surface area contributed by atoms with Crippen molar-refractivity contribution in [2.75, 3.05) is 18.4 Å². The number of benzene rings is 3. The normalized spacial score (nSPS) is 14.9. The maximum absolute atomic E-state index is 13.1. The molecule has 32 heavy (non-hydrogen) atoms. The average Bonchev–Trinajstić information content (AvgIpc) is 3.14. The van der Waals surface area contributed by atoms with Crippen LogP contribution in [0.5, 0.6) is 0 Å². The van der Waals surface area contributed by atoms with E-state index < -0.39 is 0 Å². The highest BCUT2D eigenvalue weighted by atomic mass is 32.1. The van der Waals surface area contributed by atoms with Gasteiger partial charge in [0.25, 0.3) is 5.91 Å². The molecule has 1 aromatic heterocycles. The highest BCUT2D eigenvalue weighted by Gasteiger charge is 2.16. The molecule has 1 fully saturated rings. The third kappa shape index (κ3) is 4.74. The van der Waals surface area contributed by atoms with Crippen molar-refractivity contribution in [2.45, 2.75) is 32.2 Å². The quantitative estimate of drug-likeness (QED) is 0.380. The number of nitrogens with zero attached hydrogens (tertiary/aromatic N) is 2. The van der Waals surface area contributed by atoms with Crippen molar-refractivity contribution >= 4 is 33.1 Å². The smallest absolute Gasteiger partial charge is 0.255 e. The zero-order chi connectivity index (χ0) is 21.8. The molecule has 4 nitrogen and oxygen atoms in total. The van der Waals surface area contributed by atoms with Gasteiger partial charge in [0, 0.05) is 17.8 Å². The molecule has 0 bridgehead atoms. The second kappa shape index (κ2) is 9.63. The summed E-state index contributed by atoms with van der Waals surface area (Å²) in [6.07, 6.45) is 5.13. The summed E-state index contributed by atoms with van der Waals surface area (Å²) < 4.78 is 1.12. The first-order valence-electron chi connectivity index (χ1n) is 11.3. The van der Waals surface area contributed by atoms with E-state index in [-0.39, 0.29) is 5.91 Å². The number of aromatic nitrogens is 1. The molecule has 3 aromatic carbocycles. The molecule has 162 valence electrons. The lowest BCUT2D eigenvalue weighted by Gasteiger charge is -2.22. The Labute approximate surface area is 192 Å². The Kier molecular flexibility index (Phi) is 6.28. The SMILES string of the molecule is O=C(Nc1ccc2scnc2c1)c1ccc(-c2ccccc2)c(CN2CCCCCC2)c1. The topological polar surface area (TPSA) is 45.2 Å². The Morgan fingerprint density at radius 3 is 2.56 bits per heavy atom. The maximum Gasteiger partial charge on any atom is 0.255 e. The number of fused-ring (bicyclic) bond motifs is 1. The van der Waals surface area contributed by atoms with Crippen LogP contribution in [0, 0.1) is 0 Å². The zero-order valence-corrected chi connectivity index (χ0v) is 18.9. The second-order valence-corrected chi connectivity index (χ2v) is 9.30. The minimum absolute atomic E-state index is 0.0868. The number of amides is 1. The van der Waals surface area contributed by atoms with E-state index in [1.807, 2.05) is 35.8 Å². The van der Waals surface area contributed by atoms with E-state index >= 15 is 0 Å². The van der Waals surface area contributed by atoms with Crippen LogP contribution < -0.4 is 5.32 Å². The van der Waals surface area contributed by atoms with Crippen molar-refractivity contribution in [3.05, 3.63) is 83.4 Å². The predicted molar refractivity (Wildman–Crippen MR) is 133 cm³/mol. The summed E-state index contributed by atoms with van der Waals surface area (Å²) >= 11 is 1.60. The van der Waals surface area contributed by atoms with Gasteiger partial charge >= 0.3 is 0 Å². The van der Waals surface area contributed by atoms with Crippen LogP contribution >= 0.6 is 11.3 Å². The largest absolute Gasteiger partial charge is 0.322 e. The van der Waals surface area contributed by atoms with E-state index in [9.17, 15) is 4.79 Å². The van der Waals surface area contributed by atoms with Crippen molar-refractivity contribution in [3.63, 3.8) is 0 Å². The van der Waals surface area contributed by atoms with Gasteiger partial charge in [0.1, 0.15) is 0 Å². The number of rotatable bonds is 5. The summed E-state index contributed by atoms with van der Waals surface area (Å²) in [4.78, 5) is 20.0. The Morgan fingerprint density at radius 2 is 1.75 bits per heavy atom. The molecule has 0 atom stereocenters. The number of anilines is 1. The Bertz CT molecular complexity index is 1210. The molecular formula is C27H27N3OS. The minimum Gasteiger partial charge on any atom is -0.322 e. The molecule has 1 aliphatic heterocycles. The van der Waals surface area contributed by atoms with Gasteiger partial charge in [-0.3, -0.25) is 9.69 Å². The molecule has 1 amide bonds. The summed E-state index contributed by atoms with van der Waals surface area (Å²) in [7, 11) is 0. The minimum atomic E-state index is -0.0868. The van der Waals surface area contributed by atoms with E-state index in [1.165, 1.54) is 42.4 Å². The number of carbonyl (C=O) groups is 1. The van der Waals surface area contributed by atoms with Gasteiger partial charge in [0.2, 0.25) is 0 Å². The van der Waals surface area contributed by atoms with E-state index in [0.717, 1.165) is 35.5 Å². The van der Waals surface area contributed by atoms with Crippen LogP contribution in [-0.2, 0) is 6.54 Å². The third-order valence-corrected chi connectivity index (χ3v) is 6.94. The van der Waals surface area contributed by atoms with Crippen molar-refractivity contribution in [1.29, 1.82) is 0 Å². The molecular weight excluding hydrogens is 414 g/mol. The molecule has 0 aliphatic carbocycles. The first-order valence-corrected chi connectivity index (χ1v) is 12.2. The van der Waals surface area contributed by atoms with E-state index in [2.05, 4.69) is 51.6 Å². The molecule has 1 N–H and O–H groups in total. The highest BCUT2D eigenvalue weighted by molar-refractivity contribution is 7.16. The van der Waals surface area contributed by atoms with Crippen LogP contribution in [0.2, 0.25) is 0 Å². The van der Waals surface area contributed by atoms with Crippen LogP contribution in [0.25, 0.3) is 21.3 Å². The molecule has 5 heteroatoms. The molecule has 0 spiro atoms. The van der Waals surface area contributed by atoms with Crippen LogP contribution in [0.15, 0.2) is 72.2 Å². The number of thiazole rings is 1. The Balaban J connectivity index is 1.43. The fraction of sp³-hybridized carbons (Fsp3) is 0.259. The van der Waals surface area contributed by atoms with Gasteiger partial charge in [0.15, 0.2) is 0 Å². The lowest BCUT2D eigenvalue weighted by molar-refractivity contribution is 0.102. The van der Waals surface area contributed by atoms with E-state index in [0.29, 0.717) is 5.56 Å². The fourth-order valence-electron chi connectivity index (χ4n) is 4.44. The zero-order valence-electron chi connectivity index (χ0n) is 18.1. The number of hydrogen-bond donors (Lipinski definition) is 1. The summed E-state index contributed by atoms with van der Waals surface area (Å²) in [5.74, 6) is -0.0868. The number of carbonyl (C=O) groups excluding carboxylic acids is 1. The average molecular weight is 442 g/mol. The first kappa shape index (κ1) is 20.9. The molecule has 1 aliphatic rings. The van der Waals surface area contributed by atoms with Gasteiger partial charge < -0.3 is 5.32 Å². The van der Waals surface area contributed by atoms with Crippen molar-refractivity contribution in [3.8, 4) is 11.1 Å². The molecule has 0 unspecified atom stereocenters. The first-order chi connectivity index (χ1) is 15.8. The second-order valence-electron chi connectivity index (χ2n) is 8.42. The lowest BCUT2D eigenvalue weighted by Crippen LogP contribution is -2.24. The molecule has 0 saturated carbocycles. The lowest BCUT2D eigenvalue weighted by atomic mass is 9.96. The molecule has 4 aromatic rings. The van der Waals surface area contributed by atoms with Crippen LogP contribution in [-0.4, -0.2) is 28.9 Å². The van der Waals surface area contributed by atoms with Gasteiger partial charge in [-0.25, -0.2) is 4.98 Å². The van der Waals surface area contributed by atoms with Crippen LogP contribution in [0.4, 0.5) is 5.69 Å². The number of likely N-dealkylation sites (tertiary alicyclic amines) is 1. The predicted octanol–water partition coefficient (Wildman–Crippen LogP) is 6.59. The summed E-state index contributed by atoms with van der Waals surface area (Å²) in [6.45, 7) is 3.12. The summed E-state index contributed by atoms with van der Waals surface area (Å²) in [6, 6.07) is 22.4. The third-order valence-electron chi connectivity index (χ3n) is 6.13. The standard InChI is InChI=1S/C27H27N3OS/c31-27(29-23-11-13-26-25(17-23)28-19-32-26)21-10-12-24(20-8-4-3-5-9-20)22(16-21)18-30-14-6-1-2-7-15-30/h3-5,8-13,16-17,19H,1-2,6-7,14-15,18H2,(H,29,31). The van der Waals surface area contributed by atoms with Gasteiger partial charge in [-0.1, -0.05) is 49.2 Å². The fourth-order valence-corrected chi connectivity index (χ4v) is 5.10. The van der Waals surface area contributed by atoms with Gasteiger partial charge in [-0.2, -0.15) is 0 Å². The maximum atomic E-state index is 13.1. The number of hydrogen-bond acceptors (Lipinski definition) is 4. The Hall–Kier alpha value is -3.02. The van der Waals surface area contributed by atoms with Gasteiger partial charge in [-0.15, -0.1) is 11.3 Å². The van der Waals surface area contributed by atoms with Crippen molar-refractivity contribution < 1.29 is 4.79 Å². The molecule has 0 radical (unpaired) electrons. The molecule has 5 rings (SSSR count). The van der Waals surface area contributed by atoms with Gasteiger partial charge in [-0.05, 0) is 73.0 Å². The molecule has 2 heterocycles. The number of nitrogens with one attached hydrogen (secondary N) is 1. The van der Waals surface area contributed by atoms with E-state index in [1.54, 1.807) is 11.3 Å². The summed E-state index contributed by atoms with van der Waals surface area (Å²) in [5.41, 5.74) is 7.80. The highest BCUT2D eigenvalue weighted by Crippen LogP contribution is 2.28. The van der Waals surface area contributed by atoms with Crippen LogP contribution in [0.3, 0.4) is 0 Å². The van der Waals surface area contributed by atoms with Crippen LogP contribution in [0.1, 0.15) is 41.6 Å². The van der Waals surface area contributed by atoms with E-state index in [4.69, 9.17) is 0 Å². The Morgan fingerprint density at radius 1 is 0.938 bits per heavy atom. The van der Waals surface area contributed by atoms with Crippen molar-refractivity contribution in [1.82, 2.24) is 9.88 Å². The summed E-state index contributed by atoms with van der Waals surface area (Å²) in [5, 5.41) is 3.05. The van der Waals surface area contributed by atoms with Crippen molar-refractivity contribution in [2.24, 2.45) is 0 Å².